The summed E-state index contributed by atoms with van der Waals surface area (Å²) in [6.07, 6.45) is -3.33. The van der Waals surface area contributed by atoms with Crippen molar-refractivity contribution in [1.82, 2.24) is 5.32 Å². The molecule has 1 atom stereocenters. The van der Waals surface area contributed by atoms with Crippen molar-refractivity contribution >= 4 is 5.91 Å². The average molecular weight is 211 g/mol. The Morgan fingerprint density at radius 2 is 2.21 bits per heavy atom. The van der Waals surface area contributed by atoms with Crippen LogP contribution in [0.15, 0.2) is 0 Å². The molecular weight excluding hydrogens is 199 g/mol. The van der Waals surface area contributed by atoms with Crippen molar-refractivity contribution < 1.29 is 22.7 Å². The topological polar surface area (TPSA) is 38.3 Å². The van der Waals surface area contributed by atoms with Gasteiger partial charge in [0, 0.05) is 13.0 Å². The zero-order valence-electron chi connectivity index (χ0n) is 7.56. The van der Waals surface area contributed by atoms with Gasteiger partial charge in [0.05, 0.1) is 6.61 Å². The van der Waals surface area contributed by atoms with Crippen LogP contribution >= 0.6 is 0 Å². The van der Waals surface area contributed by atoms with Crippen molar-refractivity contribution in [3.8, 4) is 0 Å². The van der Waals surface area contributed by atoms with E-state index in [9.17, 15) is 18.0 Å². The van der Waals surface area contributed by atoms with Crippen LogP contribution in [0.3, 0.4) is 0 Å². The molecule has 0 unspecified atom stereocenters. The molecule has 0 aromatic heterocycles. The van der Waals surface area contributed by atoms with E-state index in [-0.39, 0.29) is 24.9 Å². The Hall–Kier alpha value is -0.780. The van der Waals surface area contributed by atoms with Crippen LogP contribution in [0.1, 0.15) is 12.8 Å². The summed E-state index contributed by atoms with van der Waals surface area (Å²) in [4.78, 5) is 10.8. The van der Waals surface area contributed by atoms with Crippen LogP contribution in [-0.4, -0.2) is 31.8 Å². The maximum atomic E-state index is 11.7. The largest absolute Gasteiger partial charge is 0.411 e. The minimum absolute atomic E-state index is 0.00687. The number of rotatable bonds is 3. The Morgan fingerprint density at radius 3 is 2.79 bits per heavy atom. The molecule has 0 spiro atoms. The number of halogens is 3. The smallest absolute Gasteiger partial charge is 0.372 e. The van der Waals surface area contributed by atoms with Gasteiger partial charge in [0.2, 0.25) is 5.91 Å². The zero-order chi connectivity index (χ0) is 10.6. The molecule has 3 nitrogen and oxygen atoms in total. The molecule has 1 aliphatic heterocycles. The molecule has 82 valence electrons. The lowest BCUT2D eigenvalue weighted by atomic mass is 9.99. The van der Waals surface area contributed by atoms with Gasteiger partial charge in [-0.3, -0.25) is 4.79 Å². The number of amides is 1. The van der Waals surface area contributed by atoms with Crippen molar-refractivity contribution in [2.45, 2.75) is 19.0 Å². The summed E-state index contributed by atoms with van der Waals surface area (Å²) >= 11 is 0. The van der Waals surface area contributed by atoms with E-state index in [2.05, 4.69) is 10.1 Å². The Kier molecular flexibility index (Phi) is 3.74. The number of hydrogen-bond acceptors (Lipinski definition) is 2. The maximum absolute atomic E-state index is 11.7. The Labute approximate surface area is 79.6 Å². The molecule has 0 saturated carbocycles. The number of carbonyl (C=O) groups is 1. The third-order valence-corrected chi connectivity index (χ3v) is 1.97. The van der Waals surface area contributed by atoms with Gasteiger partial charge >= 0.3 is 6.18 Å². The minimum Gasteiger partial charge on any atom is -0.372 e. The fraction of sp³-hybridized carbons (Fsp3) is 0.875. The van der Waals surface area contributed by atoms with Crippen molar-refractivity contribution in [2.75, 3.05) is 19.8 Å². The third kappa shape index (κ3) is 4.45. The number of nitrogens with one attached hydrogen (secondary N) is 1. The Bertz CT molecular complexity index is 205. The second kappa shape index (κ2) is 4.63. The Balaban J connectivity index is 2.15. The van der Waals surface area contributed by atoms with Gasteiger partial charge in [-0.25, -0.2) is 0 Å². The molecule has 0 aliphatic carbocycles. The molecule has 1 amide bonds. The molecule has 0 radical (unpaired) electrons. The molecule has 0 bridgehead atoms. The van der Waals surface area contributed by atoms with Crippen LogP contribution in [0, 0.1) is 5.92 Å². The van der Waals surface area contributed by atoms with E-state index in [1.54, 1.807) is 0 Å². The summed E-state index contributed by atoms with van der Waals surface area (Å²) in [6, 6.07) is 0. The van der Waals surface area contributed by atoms with Crippen LogP contribution in [0.2, 0.25) is 0 Å². The molecule has 1 aliphatic rings. The highest BCUT2D eigenvalue weighted by Crippen LogP contribution is 2.17. The third-order valence-electron chi connectivity index (χ3n) is 1.97. The van der Waals surface area contributed by atoms with Gasteiger partial charge in [-0.05, 0) is 12.3 Å². The van der Waals surface area contributed by atoms with E-state index in [0.717, 1.165) is 0 Å². The van der Waals surface area contributed by atoms with Gasteiger partial charge in [0.15, 0.2) is 0 Å². The first-order valence-electron chi connectivity index (χ1n) is 4.38. The van der Waals surface area contributed by atoms with Gasteiger partial charge in [0.25, 0.3) is 0 Å². The quantitative estimate of drug-likeness (QED) is 0.758. The van der Waals surface area contributed by atoms with Gasteiger partial charge in [-0.15, -0.1) is 0 Å². The van der Waals surface area contributed by atoms with E-state index in [1.807, 2.05) is 0 Å². The summed E-state index contributed by atoms with van der Waals surface area (Å²) in [5, 5.41) is 2.60. The van der Waals surface area contributed by atoms with Gasteiger partial charge in [-0.2, -0.15) is 13.2 Å². The van der Waals surface area contributed by atoms with E-state index in [0.29, 0.717) is 13.0 Å². The molecule has 1 rings (SSSR count). The molecule has 0 aromatic rings. The van der Waals surface area contributed by atoms with Crippen molar-refractivity contribution in [3.05, 3.63) is 0 Å². The highest BCUT2D eigenvalue weighted by atomic mass is 19.4. The van der Waals surface area contributed by atoms with E-state index >= 15 is 0 Å². The van der Waals surface area contributed by atoms with E-state index in [1.165, 1.54) is 0 Å². The molecule has 6 heteroatoms. The number of piperidine rings is 1. The first-order valence-corrected chi connectivity index (χ1v) is 4.38. The predicted molar refractivity (Wildman–Crippen MR) is 42.6 cm³/mol. The Morgan fingerprint density at radius 1 is 1.50 bits per heavy atom. The SMILES string of the molecule is O=C1C[C@H](COCC(F)(F)F)CCN1. The van der Waals surface area contributed by atoms with Crippen LogP contribution < -0.4 is 5.32 Å². The zero-order valence-corrected chi connectivity index (χ0v) is 7.56. The van der Waals surface area contributed by atoms with Crippen molar-refractivity contribution in [3.63, 3.8) is 0 Å². The normalized spacial score (nSPS) is 23.4. The van der Waals surface area contributed by atoms with Gasteiger partial charge < -0.3 is 10.1 Å². The molecular formula is C8H12F3NO2. The summed E-state index contributed by atoms with van der Waals surface area (Å²) in [5.41, 5.74) is 0. The summed E-state index contributed by atoms with van der Waals surface area (Å²) < 4.78 is 39.5. The van der Waals surface area contributed by atoms with Crippen LogP contribution in [0.4, 0.5) is 13.2 Å². The first-order chi connectivity index (χ1) is 6.47. The van der Waals surface area contributed by atoms with Gasteiger partial charge in [0.1, 0.15) is 6.61 Å². The lowest BCUT2D eigenvalue weighted by Gasteiger charge is -2.21. The lowest BCUT2D eigenvalue weighted by molar-refractivity contribution is -0.177. The standard InChI is InChI=1S/C8H12F3NO2/c9-8(10,11)5-14-4-6-1-2-12-7(13)3-6/h6H,1-5H2,(H,12,13)/t6-/m1/s1. The summed E-state index contributed by atoms with van der Waals surface area (Å²) in [6.45, 7) is -0.697. The highest BCUT2D eigenvalue weighted by Gasteiger charge is 2.28. The summed E-state index contributed by atoms with van der Waals surface area (Å²) in [7, 11) is 0. The molecule has 14 heavy (non-hydrogen) atoms. The second-order valence-electron chi connectivity index (χ2n) is 3.34. The van der Waals surface area contributed by atoms with Crippen LogP contribution in [0.5, 0.6) is 0 Å². The molecule has 1 N–H and O–H groups in total. The number of hydrogen-bond donors (Lipinski definition) is 1. The first kappa shape index (κ1) is 11.3. The number of ether oxygens (including phenoxy) is 1. The maximum Gasteiger partial charge on any atom is 0.411 e. The fourth-order valence-electron chi connectivity index (χ4n) is 1.34. The van der Waals surface area contributed by atoms with Crippen LogP contribution in [-0.2, 0) is 9.53 Å². The molecule has 1 saturated heterocycles. The highest BCUT2D eigenvalue weighted by molar-refractivity contribution is 5.76. The van der Waals surface area contributed by atoms with E-state index in [4.69, 9.17) is 0 Å². The minimum atomic E-state index is -4.28. The predicted octanol–water partition coefficient (Wildman–Crippen LogP) is 1.09. The monoisotopic (exact) mass is 211 g/mol. The van der Waals surface area contributed by atoms with Gasteiger partial charge in [-0.1, -0.05) is 0 Å². The van der Waals surface area contributed by atoms with E-state index < -0.39 is 12.8 Å². The fourth-order valence-corrected chi connectivity index (χ4v) is 1.34. The molecule has 0 aromatic carbocycles. The second-order valence-corrected chi connectivity index (χ2v) is 3.34. The molecule has 1 fully saturated rings. The average Bonchev–Trinajstić information content (AvgIpc) is 2.01. The lowest BCUT2D eigenvalue weighted by Crippen LogP contribution is -2.35. The number of carbonyl (C=O) groups excluding carboxylic acids is 1. The summed E-state index contributed by atoms with van der Waals surface area (Å²) in [5.74, 6) is -0.192. The van der Waals surface area contributed by atoms with Crippen molar-refractivity contribution in [2.24, 2.45) is 5.92 Å². The van der Waals surface area contributed by atoms with Crippen LogP contribution in [0.25, 0.3) is 0 Å². The van der Waals surface area contributed by atoms with Crippen molar-refractivity contribution in [1.29, 1.82) is 0 Å². The number of alkyl halides is 3. The molecule has 1 heterocycles.